The highest BCUT2D eigenvalue weighted by Crippen LogP contribution is 1.95. The molecule has 0 unspecified atom stereocenters. The molecule has 0 aliphatic heterocycles. The number of amides is 1. The minimum atomic E-state index is -0.0183. The van der Waals surface area contributed by atoms with Crippen molar-refractivity contribution in [2.75, 3.05) is 11.5 Å². The number of carbonyl (C=O) groups is 1. The molecule has 0 bridgehead atoms. The molecule has 0 aromatic carbocycles. The third-order valence-electron chi connectivity index (χ3n) is 1.14. The largest absolute Gasteiger partial charge is 0.272 e. The van der Waals surface area contributed by atoms with E-state index in [1.165, 1.54) is 6.92 Å². The van der Waals surface area contributed by atoms with Gasteiger partial charge in [0.25, 0.3) is 0 Å². The van der Waals surface area contributed by atoms with Crippen molar-refractivity contribution in [1.29, 1.82) is 0 Å². The van der Waals surface area contributed by atoms with Gasteiger partial charge in [-0.25, -0.2) is 0 Å². The van der Waals surface area contributed by atoms with E-state index in [2.05, 4.69) is 18.2 Å². The van der Waals surface area contributed by atoms with Gasteiger partial charge in [-0.1, -0.05) is 24.5 Å². The molecule has 0 atom stereocenters. The smallest absolute Gasteiger partial charge is 0.248 e. The maximum Gasteiger partial charge on any atom is 0.248 e. The molecule has 0 heterocycles. The van der Waals surface area contributed by atoms with Gasteiger partial charge in [0.05, 0.1) is 0 Å². The van der Waals surface area contributed by atoms with Crippen molar-refractivity contribution in [2.24, 2.45) is 4.36 Å². The molecule has 0 aliphatic rings. The quantitative estimate of drug-likeness (QED) is 0.643. The zero-order valence-electron chi connectivity index (χ0n) is 7.59. The van der Waals surface area contributed by atoms with Gasteiger partial charge in [0.1, 0.15) is 0 Å². The maximum absolute atomic E-state index is 10.6. The molecule has 0 saturated carbocycles. The molecule has 0 fully saturated rings. The zero-order valence-corrected chi connectivity index (χ0v) is 8.41. The summed E-state index contributed by atoms with van der Waals surface area (Å²) >= 11 is 0. The predicted molar refractivity (Wildman–Crippen MR) is 50.8 cm³/mol. The highest BCUT2D eigenvalue weighted by atomic mass is 32.2. The van der Waals surface area contributed by atoms with Gasteiger partial charge in [-0.3, -0.25) is 4.79 Å². The van der Waals surface area contributed by atoms with Gasteiger partial charge in [-0.2, -0.15) is 4.36 Å². The van der Waals surface area contributed by atoms with E-state index >= 15 is 0 Å². The lowest BCUT2D eigenvalue weighted by atomic mass is 10.6. The Hall–Kier alpha value is -0.180. The SMILES string of the molecule is CCCS(CCC)=NC(C)=O. The van der Waals surface area contributed by atoms with Gasteiger partial charge in [0, 0.05) is 18.4 Å². The fourth-order valence-electron chi connectivity index (χ4n) is 0.846. The van der Waals surface area contributed by atoms with Gasteiger partial charge in [0.2, 0.25) is 5.91 Å². The molecule has 0 saturated heterocycles. The molecule has 1 amide bonds. The van der Waals surface area contributed by atoms with Crippen LogP contribution in [0.1, 0.15) is 33.6 Å². The summed E-state index contributed by atoms with van der Waals surface area (Å²) in [4.78, 5) is 10.6. The third kappa shape index (κ3) is 6.23. The second-order valence-corrected chi connectivity index (χ2v) is 4.40. The van der Waals surface area contributed by atoms with E-state index in [9.17, 15) is 4.79 Å². The molecule has 0 radical (unpaired) electrons. The van der Waals surface area contributed by atoms with E-state index in [0.717, 1.165) is 24.3 Å². The summed E-state index contributed by atoms with van der Waals surface area (Å²) in [5.74, 6) is 2.14. The highest BCUT2D eigenvalue weighted by Gasteiger charge is 1.95. The van der Waals surface area contributed by atoms with Crippen LogP contribution >= 0.6 is 0 Å². The molecule has 11 heavy (non-hydrogen) atoms. The highest BCUT2D eigenvalue weighted by molar-refractivity contribution is 7.87. The molecular weight excluding hydrogens is 158 g/mol. The molecule has 2 nitrogen and oxygen atoms in total. The molecule has 3 heteroatoms. The van der Waals surface area contributed by atoms with Crippen LogP contribution in [0.2, 0.25) is 0 Å². The van der Waals surface area contributed by atoms with Gasteiger partial charge in [0.15, 0.2) is 0 Å². The van der Waals surface area contributed by atoms with E-state index in [0.29, 0.717) is 0 Å². The monoisotopic (exact) mass is 175 g/mol. The van der Waals surface area contributed by atoms with Crippen LogP contribution in [0.4, 0.5) is 0 Å². The van der Waals surface area contributed by atoms with Crippen molar-refractivity contribution in [1.82, 2.24) is 0 Å². The lowest BCUT2D eigenvalue weighted by molar-refractivity contribution is -0.115. The summed E-state index contributed by atoms with van der Waals surface area (Å²) in [5, 5.41) is 0. The van der Waals surface area contributed by atoms with Crippen LogP contribution in [-0.4, -0.2) is 17.4 Å². The van der Waals surface area contributed by atoms with Crippen molar-refractivity contribution in [3.63, 3.8) is 0 Å². The standard InChI is InChI=1S/C8H17NOS/c1-4-6-11(7-5-2)9-8(3)10/h4-7H2,1-3H3. The average molecular weight is 175 g/mol. The molecule has 66 valence electrons. The summed E-state index contributed by atoms with van der Waals surface area (Å²) in [5.41, 5.74) is 0. The summed E-state index contributed by atoms with van der Waals surface area (Å²) in [7, 11) is 0.0208. The first kappa shape index (κ1) is 10.8. The van der Waals surface area contributed by atoms with E-state index < -0.39 is 0 Å². The second-order valence-electron chi connectivity index (χ2n) is 2.48. The first-order chi connectivity index (χ1) is 5.20. The number of rotatable bonds is 4. The molecule has 0 aliphatic carbocycles. The van der Waals surface area contributed by atoms with Crippen LogP contribution in [0.5, 0.6) is 0 Å². The Morgan fingerprint density at radius 1 is 1.27 bits per heavy atom. The van der Waals surface area contributed by atoms with Crippen molar-refractivity contribution < 1.29 is 4.79 Å². The number of hydrogen-bond acceptors (Lipinski definition) is 1. The molecule has 0 aromatic rings. The predicted octanol–water partition coefficient (Wildman–Crippen LogP) is 2.15. The Bertz CT molecular complexity index is 146. The van der Waals surface area contributed by atoms with Crippen molar-refractivity contribution in [2.45, 2.75) is 33.6 Å². The molecular formula is C8H17NOS. The van der Waals surface area contributed by atoms with Crippen LogP contribution in [0, 0.1) is 0 Å². The number of carbonyl (C=O) groups excluding carboxylic acids is 1. The van der Waals surface area contributed by atoms with Crippen LogP contribution in [-0.2, 0) is 15.5 Å². The molecule has 0 aromatic heterocycles. The van der Waals surface area contributed by atoms with Crippen molar-refractivity contribution in [3.05, 3.63) is 0 Å². The Labute approximate surface area is 71.5 Å². The first-order valence-corrected chi connectivity index (χ1v) is 5.62. The molecule has 0 rings (SSSR count). The van der Waals surface area contributed by atoms with Gasteiger partial charge < -0.3 is 0 Å². The second kappa shape index (κ2) is 6.53. The van der Waals surface area contributed by atoms with Crippen molar-refractivity contribution in [3.8, 4) is 0 Å². The maximum atomic E-state index is 10.6. The van der Waals surface area contributed by atoms with Gasteiger partial charge in [-0.05, 0) is 12.8 Å². The van der Waals surface area contributed by atoms with Crippen LogP contribution in [0.3, 0.4) is 0 Å². The Morgan fingerprint density at radius 2 is 1.73 bits per heavy atom. The summed E-state index contributed by atoms with van der Waals surface area (Å²) in [6, 6.07) is 0. The molecule has 0 spiro atoms. The fourth-order valence-corrected chi connectivity index (χ4v) is 2.54. The van der Waals surface area contributed by atoms with E-state index in [-0.39, 0.29) is 16.6 Å². The fraction of sp³-hybridized carbons (Fsp3) is 0.875. The van der Waals surface area contributed by atoms with Gasteiger partial charge in [-0.15, -0.1) is 0 Å². The van der Waals surface area contributed by atoms with Crippen molar-refractivity contribution >= 4 is 16.6 Å². The van der Waals surface area contributed by atoms with Crippen LogP contribution in [0.15, 0.2) is 4.36 Å². The molecule has 0 N–H and O–H groups in total. The van der Waals surface area contributed by atoms with Crippen LogP contribution in [0.25, 0.3) is 0 Å². The topological polar surface area (TPSA) is 29.4 Å². The third-order valence-corrected chi connectivity index (χ3v) is 3.41. The number of nitrogens with zero attached hydrogens (tertiary/aromatic N) is 1. The normalized spacial score (nSPS) is 10.2. The minimum absolute atomic E-state index is 0.0183. The first-order valence-electron chi connectivity index (χ1n) is 4.10. The Kier molecular flexibility index (Phi) is 6.42. The van der Waals surface area contributed by atoms with E-state index in [1.807, 2.05) is 0 Å². The zero-order chi connectivity index (χ0) is 8.69. The van der Waals surface area contributed by atoms with E-state index in [1.54, 1.807) is 0 Å². The number of hydrogen-bond donors (Lipinski definition) is 0. The summed E-state index contributed by atoms with van der Waals surface area (Å²) in [6.45, 7) is 5.79. The lowest BCUT2D eigenvalue weighted by Gasteiger charge is -2.02. The van der Waals surface area contributed by atoms with Crippen LogP contribution < -0.4 is 0 Å². The summed E-state index contributed by atoms with van der Waals surface area (Å²) in [6.07, 6.45) is 2.25. The lowest BCUT2D eigenvalue weighted by Crippen LogP contribution is -2.02. The van der Waals surface area contributed by atoms with Gasteiger partial charge >= 0.3 is 0 Å². The minimum Gasteiger partial charge on any atom is -0.272 e. The Balaban J connectivity index is 3.96. The summed E-state index contributed by atoms with van der Waals surface area (Å²) < 4.78 is 4.05. The average Bonchev–Trinajstić information content (AvgIpc) is 1.87. The van der Waals surface area contributed by atoms with E-state index in [4.69, 9.17) is 0 Å². The Morgan fingerprint density at radius 3 is 2.00 bits per heavy atom.